The summed E-state index contributed by atoms with van der Waals surface area (Å²) in [5.74, 6) is 0.425. The lowest BCUT2D eigenvalue weighted by Crippen LogP contribution is -2.50. The number of hydrogen-bond donors (Lipinski definition) is 2. The number of piperidine rings is 1. The molecule has 0 aromatic heterocycles. The van der Waals surface area contributed by atoms with Crippen LogP contribution in [-0.2, 0) is 9.59 Å². The van der Waals surface area contributed by atoms with Gasteiger partial charge in [0.1, 0.15) is 0 Å². The van der Waals surface area contributed by atoms with Crippen molar-refractivity contribution in [3.63, 3.8) is 0 Å². The Morgan fingerprint density at radius 3 is 2.43 bits per heavy atom. The van der Waals surface area contributed by atoms with Gasteiger partial charge in [0.2, 0.25) is 11.8 Å². The fourth-order valence-corrected chi connectivity index (χ4v) is 2.60. The first kappa shape index (κ1) is 18.0. The van der Waals surface area contributed by atoms with Gasteiger partial charge in [0.25, 0.3) is 0 Å². The monoisotopic (exact) mass is 297 g/mol. The Morgan fingerprint density at radius 1 is 1.29 bits per heavy atom. The average Bonchev–Trinajstić information content (AvgIpc) is 2.52. The Bertz CT molecular complexity index is 338. The summed E-state index contributed by atoms with van der Waals surface area (Å²) in [6.45, 7) is 8.22. The molecule has 5 nitrogen and oxygen atoms in total. The molecule has 0 aromatic carbocycles. The third-order valence-electron chi connectivity index (χ3n) is 4.55. The van der Waals surface area contributed by atoms with Crippen LogP contribution in [0.5, 0.6) is 0 Å². The van der Waals surface area contributed by atoms with Crippen molar-refractivity contribution in [3.05, 3.63) is 0 Å². The van der Waals surface area contributed by atoms with Crippen LogP contribution in [0, 0.1) is 11.8 Å². The van der Waals surface area contributed by atoms with Crippen molar-refractivity contribution in [2.75, 3.05) is 19.6 Å². The molecule has 0 saturated carbocycles. The van der Waals surface area contributed by atoms with E-state index in [-0.39, 0.29) is 23.7 Å². The van der Waals surface area contributed by atoms with E-state index < -0.39 is 6.04 Å². The average molecular weight is 297 g/mol. The molecule has 1 aliphatic rings. The number of rotatable bonds is 7. The number of nitrogens with zero attached hydrogens (tertiary/aromatic N) is 1. The van der Waals surface area contributed by atoms with Crippen molar-refractivity contribution in [1.29, 1.82) is 0 Å². The van der Waals surface area contributed by atoms with Crippen LogP contribution in [0.25, 0.3) is 0 Å². The second kappa shape index (κ2) is 9.03. The van der Waals surface area contributed by atoms with E-state index in [4.69, 9.17) is 5.73 Å². The first-order valence-corrected chi connectivity index (χ1v) is 8.33. The van der Waals surface area contributed by atoms with Crippen LogP contribution in [0.3, 0.4) is 0 Å². The summed E-state index contributed by atoms with van der Waals surface area (Å²) in [7, 11) is 0. The maximum Gasteiger partial charge on any atom is 0.239 e. The van der Waals surface area contributed by atoms with Crippen LogP contribution in [-0.4, -0.2) is 42.4 Å². The third kappa shape index (κ3) is 5.30. The maximum absolute atomic E-state index is 12.3. The van der Waals surface area contributed by atoms with Gasteiger partial charge in [0.05, 0.1) is 6.04 Å². The van der Waals surface area contributed by atoms with Gasteiger partial charge < -0.3 is 16.0 Å². The smallest absolute Gasteiger partial charge is 0.239 e. The number of nitrogens with one attached hydrogen (secondary N) is 1. The predicted molar refractivity (Wildman–Crippen MR) is 84.7 cm³/mol. The standard InChI is InChI=1S/C16H31N3O2/c1-4-6-9-18-15(20)13-7-10-19(11-8-13)16(21)14(17)12(3)5-2/h12-14H,4-11,17H2,1-3H3,(H,18,20)/t12-,14-/m0/s1. The molecule has 0 aromatic rings. The van der Waals surface area contributed by atoms with Crippen LogP contribution < -0.4 is 11.1 Å². The molecule has 1 saturated heterocycles. The molecule has 0 radical (unpaired) electrons. The number of carbonyl (C=O) groups excluding carboxylic acids is 2. The van der Waals surface area contributed by atoms with Gasteiger partial charge >= 0.3 is 0 Å². The molecule has 122 valence electrons. The molecule has 0 bridgehead atoms. The van der Waals surface area contributed by atoms with E-state index in [0.29, 0.717) is 13.1 Å². The molecule has 5 heteroatoms. The molecule has 2 amide bonds. The lowest BCUT2D eigenvalue weighted by molar-refractivity contribution is -0.137. The van der Waals surface area contributed by atoms with Crippen LogP contribution in [0.4, 0.5) is 0 Å². The Labute approximate surface area is 128 Å². The van der Waals surface area contributed by atoms with Gasteiger partial charge in [-0.15, -0.1) is 0 Å². The minimum Gasteiger partial charge on any atom is -0.356 e. The lowest BCUT2D eigenvalue weighted by Gasteiger charge is -2.34. The normalized spacial score (nSPS) is 19.1. The largest absolute Gasteiger partial charge is 0.356 e. The Kier molecular flexibility index (Phi) is 7.72. The third-order valence-corrected chi connectivity index (χ3v) is 4.55. The van der Waals surface area contributed by atoms with E-state index in [1.165, 1.54) is 0 Å². The Morgan fingerprint density at radius 2 is 1.90 bits per heavy atom. The van der Waals surface area contributed by atoms with Crippen LogP contribution in [0.2, 0.25) is 0 Å². The fourth-order valence-electron chi connectivity index (χ4n) is 2.60. The second-order valence-electron chi connectivity index (χ2n) is 6.16. The number of amides is 2. The maximum atomic E-state index is 12.3. The molecule has 1 fully saturated rings. The summed E-state index contributed by atoms with van der Waals surface area (Å²) >= 11 is 0. The van der Waals surface area contributed by atoms with Crippen molar-refractivity contribution in [2.24, 2.45) is 17.6 Å². The quantitative estimate of drug-likeness (QED) is 0.700. The number of hydrogen-bond acceptors (Lipinski definition) is 3. The van der Waals surface area contributed by atoms with E-state index in [1.54, 1.807) is 0 Å². The highest BCUT2D eigenvalue weighted by atomic mass is 16.2. The number of unbranched alkanes of at least 4 members (excludes halogenated alkanes) is 1. The minimum absolute atomic E-state index is 0.0363. The summed E-state index contributed by atoms with van der Waals surface area (Å²) < 4.78 is 0. The van der Waals surface area contributed by atoms with Gasteiger partial charge in [-0.1, -0.05) is 33.6 Å². The SMILES string of the molecule is CCCCNC(=O)C1CCN(C(=O)[C@@H](N)[C@@H](C)CC)CC1. The zero-order valence-electron chi connectivity index (χ0n) is 13.7. The van der Waals surface area contributed by atoms with Gasteiger partial charge in [-0.05, 0) is 25.2 Å². The molecule has 3 N–H and O–H groups in total. The summed E-state index contributed by atoms with van der Waals surface area (Å²) in [5, 5.41) is 2.98. The van der Waals surface area contributed by atoms with Gasteiger partial charge in [-0.25, -0.2) is 0 Å². The summed E-state index contributed by atoms with van der Waals surface area (Å²) in [6, 6.07) is -0.412. The lowest BCUT2D eigenvalue weighted by atomic mass is 9.93. The molecule has 0 unspecified atom stereocenters. The molecule has 2 atom stereocenters. The van der Waals surface area contributed by atoms with E-state index in [9.17, 15) is 9.59 Å². The molecule has 0 aliphatic carbocycles. The van der Waals surface area contributed by atoms with Crippen molar-refractivity contribution >= 4 is 11.8 Å². The highest BCUT2D eigenvalue weighted by Gasteiger charge is 2.30. The minimum atomic E-state index is -0.412. The van der Waals surface area contributed by atoms with E-state index >= 15 is 0 Å². The van der Waals surface area contributed by atoms with Crippen molar-refractivity contribution in [3.8, 4) is 0 Å². The van der Waals surface area contributed by atoms with Gasteiger partial charge in [0.15, 0.2) is 0 Å². The van der Waals surface area contributed by atoms with E-state index in [0.717, 1.165) is 38.6 Å². The molecule has 21 heavy (non-hydrogen) atoms. The molecule has 1 heterocycles. The summed E-state index contributed by atoms with van der Waals surface area (Å²) in [4.78, 5) is 26.1. The summed E-state index contributed by atoms with van der Waals surface area (Å²) in [6.07, 6.45) is 4.50. The first-order chi connectivity index (χ1) is 10.0. The van der Waals surface area contributed by atoms with Gasteiger partial charge in [-0.3, -0.25) is 9.59 Å². The molecular formula is C16H31N3O2. The van der Waals surface area contributed by atoms with Crippen molar-refractivity contribution < 1.29 is 9.59 Å². The number of likely N-dealkylation sites (tertiary alicyclic amines) is 1. The predicted octanol–water partition coefficient (Wildman–Crippen LogP) is 1.51. The zero-order chi connectivity index (χ0) is 15.8. The molecule has 1 rings (SSSR count). The second-order valence-corrected chi connectivity index (χ2v) is 6.16. The molecular weight excluding hydrogens is 266 g/mol. The fraction of sp³-hybridized carbons (Fsp3) is 0.875. The van der Waals surface area contributed by atoms with E-state index in [2.05, 4.69) is 12.2 Å². The highest BCUT2D eigenvalue weighted by molar-refractivity contribution is 5.83. The van der Waals surface area contributed by atoms with Crippen LogP contribution >= 0.6 is 0 Å². The van der Waals surface area contributed by atoms with Crippen molar-refractivity contribution in [1.82, 2.24) is 10.2 Å². The number of carbonyl (C=O) groups is 2. The van der Waals surface area contributed by atoms with E-state index in [1.807, 2.05) is 18.7 Å². The molecule has 1 aliphatic heterocycles. The highest BCUT2D eigenvalue weighted by Crippen LogP contribution is 2.19. The van der Waals surface area contributed by atoms with Crippen LogP contribution in [0.15, 0.2) is 0 Å². The Balaban J connectivity index is 2.37. The van der Waals surface area contributed by atoms with Gasteiger partial charge in [-0.2, -0.15) is 0 Å². The van der Waals surface area contributed by atoms with Crippen LogP contribution in [0.1, 0.15) is 52.9 Å². The first-order valence-electron chi connectivity index (χ1n) is 8.33. The number of nitrogens with two attached hydrogens (primary N) is 1. The van der Waals surface area contributed by atoms with Gasteiger partial charge in [0, 0.05) is 25.6 Å². The Hall–Kier alpha value is -1.10. The summed E-state index contributed by atoms with van der Waals surface area (Å²) in [5.41, 5.74) is 6.01. The molecule has 0 spiro atoms. The topological polar surface area (TPSA) is 75.4 Å². The van der Waals surface area contributed by atoms with Crippen molar-refractivity contribution in [2.45, 2.75) is 58.9 Å². The zero-order valence-corrected chi connectivity index (χ0v) is 13.7.